The minimum Gasteiger partial charge on any atom is -0.484 e. The first-order valence-electron chi connectivity index (χ1n) is 10.5. The number of hydrogen-bond acceptors (Lipinski definition) is 5. The number of fused-ring (bicyclic) bond motifs is 1. The average molecular weight is 450 g/mol. The fourth-order valence-corrected chi connectivity index (χ4v) is 3.58. The standard InChI is InChI=1S/C23H24N2O2.C2H2O4/c26-23(18-27-21-10-2-1-3-11-21)25-15-13-24(14-16-25)17-20-9-6-8-19-7-4-5-12-22(19)20;3-1(4)2(5)6/h1-12H,13-18H2;(H,3,4)(H,5,6). The molecule has 1 heterocycles. The number of nitrogens with zero attached hydrogens (tertiary/aromatic N) is 2. The highest BCUT2D eigenvalue weighted by atomic mass is 16.5. The Morgan fingerprint density at radius 1 is 0.758 bits per heavy atom. The van der Waals surface area contributed by atoms with Crippen LogP contribution in [-0.4, -0.2) is 70.6 Å². The monoisotopic (exact) mass is 450 g/mol. The molecule has 0 unspecified atom stereocenters. The number of hydrogen-bond donors (Lipinski definition) is 2. The van der Waals surface area contributed by atoms with Gasteiger partial charge in [-0.2, -0.15) is 0 Å². The Morgan fingerprint density at radius 2 is 1.36 bits per heavy atom. The van der Waals surface area contributed by atoms with E-state index >= 15 is 0 Å². The number of carboxylic acid groups (broad SMARTS) is 2. The minimum atomic E-state index is -1.82. The zero-order valence-electron chi connectivity index (χ0n) is 18.1. The molecule has 0 bridgehead atoms. The lowest BCUT2D eigenvalue weighted by Gasteiger charge is -2.34. The quantitative estimate of drug-likeness (QED) is 0.576. The van der Waals surface area contributed by atoms with Crippen LogP contribution in [0, 0.1) is 0 Å². The first-order chi connectivity index (χ1) is 15.9. The molecule has 33 heavy (non-hydrogen) atoms. The summed E-state index contributed by atoms with van der Waals surface area (Å²) < 4.78 is 5.59. The smallest absolute Gasteiger partial charge is 0.414 e. The summed E-state index contributed by atoms with van der Waals surface area (Å²) in [6, 6.07) is 24.5. The van der Waals surface area contributed by atoms with Crippen molar-refractivity contribution in [1.29, 1.82) is 0 Å². The summed E-state index contributed by atoms with van der Waals surface area (Å²) in [5.41, 5.74) is 1.35. The van der Waals surface area contributed by atoms with Crippen molar-refractivity contribution in [3.8, 4) is 5.75 Å². The van der Waals surface area contributed by atoms with Gasteiger partial charge in [0.05, 0.1) is 0 Å². The van der Waals surface area contributed by atoms with Crippen LogP contribution in [0.2, 0.25) is 0 Å². The number of carbonyl (C=O) groups is 3. The van der Waals surface area contributed by atoms with Crippen molar-refractivity contribution >= 4 is 28.6 Å². The van der Waals surface area contributed by atoms with E-state index in [-0.39, 0.29) is 12.5 Å². The summed E-state index contributed by atoms with van der Waals surface area (Å²) >= 11 is 0. The van der Waals surface area contributed by atoms with Gasteiger partial charge in [-0.15, -0.1) is 0 Å². The molecule has 3 aromatic carbocycles. The third kappa shape index (κ3) is 7.05. The summed E-state index contributed by atoms with van der Waals surface area (Å²) in [5, 5.41) is 17.4. The summed E-state index contributed by atoms with van der Waals surface area (Å²) in [7, 11) is 0. The summed E-state index contributed by atoms with van der Waals surface area (Å²) in [5.74, 6) is -2.85. The molecule has 0 spiro atoms. The zero-order valence-corrected chi connectivity index (χ0v) is 18.1. The van der Waals surface area contributed by atoms with Crippen LogP contribution in [-0.2, 0) is 20.9 Å². The Hall–Kier alpha value is -3.91. The van der Waals surface area contributed by atoms with Crippen molar-refractivity contribution in [2.75, 3.05) is 32.8 Å². The van der Waals surface area contributed by atoms with E-state index in [0.717, 1.165) is 38.5 Å². The third-order valence-corrected chi connectivity index (χ3v) is 5.29. The van der Waals surface area contributed by atoms with Crippen LogP contribution >= 0.6 is 0 Å². The van der Waals surface area contributed by atoms with Gasteiger partial charge in [-0.1, -0.05) is 60.7 Å². The normalized spacial score (nSPS) is 13.6. The molecule has 0 saturated carbocycles. The summed E-state index contributed by atoms with van der Waals surface area (Å²) in [4.78, 5) is 34.9. The molecular weight excluding hydrogens is 424 g/mol. The van der Waals surface area contributed by atoms with Gasteiger partial charge in [0.1, 0.15) is 5.75 Å². The molecule has 0 aromatic heterocycles. The van der Waals surface area contributed by atoms with E-state index in [0.29, 0.717) is 0 Å². The summed E-state index contributed by atoms with van der Waals surface area (Å²) in [6.45, 7) is 4.31. The number of para-hydroxylation sites is 1. The van der Waals surface area contributed by atoms with E-state index < -0.39 is 11.9 Å². The van der Waals surface area contributed by atoms with Gasteiger partial charge in [-0.3, -0.25) is 9.69 Å². The number of aliphatic carboxylic acids is 2. The fourth-order valence-electron chi connectivity index (χ4n) is 3.58. The van der Waals surface area contributed by atoms with E-state index in [1.807, 2.05) is 35.2 Å². The van der Waals surface area contributed by atoms with Crippen LogP contribution in [0.1, 0.15) is 5.56 Å². The lowest BCUT2D eigenvalue weighted by Crippen LogP contribution is -2.49. The Balaban J connectivity index is 0.000000454. The van der Waals surface area contributed by atoms with Gasteiger partial charge in [-0.05, 0) is 28.5 Å². The maximum atomic E-state index is 12.4. The maximum absolute atomic E-state index is 12.4. The Labute approximate surface area is 191 Å². The molecule has 4 rings (SSSR count). The van der Waals surface area contributed by atoms with Crippen LogP contribution in [0.5, 0.6) is 5.75 Å². The minimum absolute atomic E-state index is 0.0589. The highest BCUT2D eigenvalue weighted by Gasteiger charge is 2.21. The zero-order chi connectivity index (χ0) is 23.6. The number of piperazine rings is 1. The second-order valence-corrected chi connectivity index (χ2v) is 7.51. The summed E-state index contributed by atoms with van der Waals surface area (Å²) in [6.07, 6.45) is 0. The molecule has 1 saturated heterocycles. The number of carboxylic acids is 2. The van der Waals surface area contributed by atoms with Gasteiger partial charge in [0, 0.05) is 32.7 Å². The van der Waals surface area contributed by atoms with Gasteiger partial charge < -0.3 is 19.8 Å². The van der Waals surface area contributed by atoms with Crippen molar-refractivity contribution in [2.24, 2.45) is 0 Å². The fraction of sp³-hybridized carbons (Fsp3) is 0.240. The molecule has 0 atom stereocenters. The van der Waals surface area contributed by atoms with Gasteiger partial charge in [0.2, 0.25) is 0 Å². The first-order valence-corrected chi connectivity index (χ1v) is 10.5. The Bertz CT molecular complexity index is 1080. The number of benzene rings is 3. The number of amides is 1. The molecule has 0 aliphatic carbocycles. The van der Waals surface area contributed by atoms with Crippen LogP contribution in [0.25, 0.3) is 10.8 Å². The van der Waals surface area contributed by atoms with Crippen LogP contribution in [0.4, 0.5) is 0 Å². The van der Waals surface area contributed by atoms with Gasteiger partial charge in [0.25, 0.3) is 5.91 Å². The van der Waals surface area contributed by atoms with Crippen molar-refractivity contribution in [3.05, 3.63) is 78.4 Å². The topological polar surface area (TPSA) is 107 Å². The van der Waals surface area contributed by atoms with E-state index in [2.05, 4.69) is 47.4 Å². The molecule has 1 fully saturated rings. The van der Waals surface area contributed by atoms with Crippen molar-refractivity contribution in [3.63, 3.8) is 0 Å². The first kappa shape index (κ1) is 23.7. The van der Waals surface area contributed by atoms with Crippen molar-refractivity contribution in [1.82, 2.24) is 9.80 Å². The molecule has 0 radical (unpaired) electrons. The van der Waals surface area contributed by atoms with E-state index in [1.54, 1.807) is 0 Å². The maximum Gasteiger partial charge on any atom is 0.414 e. The van der Waals surface area contributed by atoms with E-state index in [4.69, 9.17) is 24.5 Å². The molecule has 1 amide bonds. The molecular formula is C25H26N2O6. The number of carbonyl (C=O) groups excluding carboxylic acids is 1. The molecule has 2 N–H and O–H groups in total. The Morgan fingerprint density at radius 3 is 2.03 bits per heavy atom. The van der Waals surface area contributed by atoms with E-state index in [1.165, 1.54) is 16.3 Å². The predicted octanol–water partition coefficient (Wildman–Crippen LogP) is 2.72. The number of ether oxygens (including phenoxy) is 1. The largest absolute Gasteiger partial charge is 0.484 e. The highest BCUT2D eigenvalue weighted by Crippen LogP contribution is 2.20. The third-order valence-electron chi connectivity index (χ3n) is 5.29. The number of rotatable bonds is 5. The lowest BCUT2D eigenvalue weighted by atomic mass is 10.0. The van der Waals surface area contributed by atoms with Gasteiger partial charge in [0.15, 0.2) is 6.61 Å². The molecule has 8 heteroatoms. The van der Waals surface area contributed by atoms with Crippen molar-refractivity contribution in [2.45, 2.75) is 6.54 Å². The second kappa shape index (κ2) is 11.6. The molecule has 8 nitrogen and oxygen atoms in total. The molecule has 172 valence electrons. The highest BCUT2D eigenvalue weighted by molar-refractivity contribution is 6.27. The molecule has 3 aromatic rings. The molecule has 1 aliphatic heterocycles. The van der Waals surface area contributed by atoms with Crippen LogP contribution in [0.3, 0.4) is 0 Å². The van der Waals surface area contributed by atoms with Crippen molar-refractivity contribution < 1.29 is 29.3 Å². The van der Waals surface area contributed by atoms with Gasteiger partial charge >= 0.3 is 11.9 Å². The Kier molecular flexibility index (Phi) is 8.37. The van der Waals surface area contributed by atoms with Crippen LogP contribution in [0.15, 0.2) is 72.8 Å². The average Bonchev–Trinajstić information content (AvgIpc) is 2.84. The SMILES string of the molecule is O=C(COc1ccccc1)N1CCN(Cc2cccc3ccccc23)CC1.O=C(O)C(=O)O. The lowest BCUT2D eigenvalue weighted by molar-refractivity contribution is -0.159. The van der Waals surface area contributed by atoms with Crippen LogP contribution < -0.4 is 4.74 Å². The molecule has 1 aliphatic rings. The van der Waals surface area contributed by atoms with Gasteiger partial charge in [-0.25, -0.2) is 9.59 Å². The predicted molar refractivity (Wildman–Crippen MR) is 123 cm³/mol. The second-order valence-electron chi connectivity index (χ2n) is 7.51. The van der Waals surface area contributed by atoms with E-state index in [9.17, 15) is 4.79 Å².